The molecule has 7 atom stereocenters. The van der Waals surface area contributed by atoms with Crippen LogP contribution >= 0.6 is 0 Å². The zero-order chi connectivity index (χ0) is 35.5. The van der Waals surface area contributed by atoms with E-state index in [0.717, 1.165) is 72.4 Å². The number of ether oxygens (including phenoxy) is 1. The van der Waals surface area contributed by atoms with Gasteiger partial charge in [-0.2, -0.15) is 0 Å². The molecule has 10 rings (SSSR count). The number of amides is 1. The van der Waals surface area contributed by atoms with E-state index in [0.29, 0.717) is 42.2 Å². The van der Waals surface area contributed by atoms with Gasteiger partial charge in [-0.05, 0) is 129 Å². The average molecular weight is 686 g/mol. The summed E-state index contributed by atoms with van der Waals surface area (Å²) >= 11 is 0. The topological polar surface area (TPSA) is 66.8 Å². The molecule has 0 radical (unpaired) electrons. The summed E-state index contributed by atoms with van der Waals surface area (Å²) in [7, 11) is 0. The van der Waals surface area contributed by atoms with Crippen LogP contribution in [0.4, 0.5) is 4.79 Å². The summed E-state index contributed by atoms with van der Waals surface area (Å²) in [5.74, 6) is 2.11. The van der Waals surface area contributed by atoms with E-state index in [9.17, 15) is 14.7 Å². The summed E-state index contributed by atoms with van der Waals surface area (Å²) in [6, 6.07) is 24.5. The number of ketones is 1. The molecule has 7 aliphatic rings. The lowest BCUT2D eigenvalue weighted by molar-refractivity contribution is -0.109. The monoisotopic (exact) mass is 685 g/mol. The third-order valence-corrected chi connectivity index (χ3v) is 14.6. The van der Waals surface area contributed by atoms with E-state index < -0.39 is 11.7 Å². The lowest BCUT2D eigenvalue weighted by Crippen LogP contribution is -2.55. The third-order valence-electron chi connectivity index (χ3n) is 14.6. The molecule has 1 spiro atoms. The van der Waals surface area contributed by atoms with E-state index >= 15 is 0 Å². The number of carbonyl (C=O) groups excluding carboxylic acids is 2. The Kier molecular flexibility index (Phi) is 8.81. The highest BCUT2D eigenvalue weighted by molar-refractivity contribution is 6.10. The van der Waals surface area contributed by atoms with Crippen molar-refractivity contribution in [1.29, 1.82) is 0 Å². The first kappa shape index (κ1) is 34.4. The molecular formula is C46H55NO4. The number of nitrogens with zero attached hydrogens (tertiary/aromatic N) is 1. The number of aliphatic hydroxyl groups is 1. The van der Waals surface area contributed by atoms with Gasteiger partial charge in [0.25, 0.3) is 0 Å². The second-order valence-electron chi connectivity index (χ2n) is 17.6. The molecule has 5 heteroatoms. The number of aliphatic hydroxyl groups excluding tert-OH is 1. The Hall–Kier alpha value is -3.70. The molecule has 1 saturated heterocycles. The summed E-state index contributed by atoms with van der Waals surface area (Å²) in [6.07, 6.45) is 10.9. The number of hydrogen-bond donors (Lipinski definition) is 1. The first-order chi connectivity index (χ1) is 24.5. The van der Waals surface area contributed by atoms with Crippen LogP contribution in [0.1, 0.15) is 118 Å². The van der Waals surface area contributed by atoms with E-state index in [-0.39, 0.29) is 23.2 Å². The maximum Gasteiger partial charge on any atom is 0.410 e. The minimum atomic E-state index is -0.605. The van der Waals surface area contributed by atoms with Crippen LogP contribution in [0.3, 0.4) is 0 Å². The van der Waals surface area contributed by atoms with Crippen LogP contribution in [-0.4, -0.2) is 46.7 Å². The molecule has 51 heavy (non-hydrogen) atoms. The molecule has 0 aromatic heterocycles. The maximum atomic E-state index is 14.6. The minimum absolute atomic E-state index is 0.0100. The number of carbonyl (C=O) groups is 2. The molecular weight excluding hydrogens is 631 g/mol. The molecule has 3 aromatic carbocycles. The second kappa shape index (κ2) is 13.1. The molecule has 6 aliphatic carbocycles. The number of benzene rings is 3. The van der Waals surface area contributed by atoms with Crippen molar-refractivity contribution in [2.24, 2.45) is 28.6 Å². The first-order valence-corrected chi connectivity index (χ1v) is 19.6. The SMILES string of the molecule is CC1=CCCC2(C)C(CCC23CN(CC2CCC4CC2C4(C)C)C(=O)O3)c2ccc(cc2C(=O)c2ccc(-c3ccccc3)cc2)CC(O)CC1. The Morgan fingerprint density at radius 1 is 0.922 bits per heavy atom. The largest absolute Gasteiger partial charge is 0.440 e. The Bertz CT molecular complexity index is 1830. The van der Waals surface area contributed by atoms with Crippen LogP contribution < -0.4 is 0 Å². The molecule has 4 bridgehead atoms. The lowest BCUT2D eigenvalue weighted by atomic mass is 9.45. The second-order valence-corrected chi connectivity index (χ2v) is 17.6. The van der Waals surface area contributed by atoms with Crippen molar-refractivity contribution in [3.63, 3.8) is 0 Å². The minimum Gasteiger partial charge on any atom is -0.440 e. The highest BCUT2D eigenvalue weighted by Gasteiger charge is 2.64. The molecule has 1 heterocycles. The standard InChI is InChI=1S/C46H55NO4/c1-30-9-8-23-45(4)40(22-24-46(45)29-47(43(50)51-46)28-35-18-19-36-27-41(35)44(36,2)3)38-21-13-31(25-37(48)20-12-30)26-39(38)42(49)34-16-14-33(15-17-34)32-10-6-5-7-11-32/h5-7,9-11,13-17,21,26,35-37,40-41,48H,8,12,18-20,22-25,27-29H2,1-4H3. The predicted octanol–water partition coefficient (Wildman–Crippen LogP) is 10.2. The Balaban J connectivity index is 1.14. The molecule has 4 saturated carbocycles. The highest BCUT2D eigenvalue weighted by Crippen LogP contribution is 2.64. The summed E-state index contributed by atoms with van der Waals surface area (Å²) in [4.78, 5) is 30.6. The van der Waals surface area contributed by atoms with Gasteiger partial charge in [0, 0.05) is 23.1 Å². The molecule has 1 N–H and O–H groups in total. The maximum absolute atomic E-state index is 14.6. The summed E-state index contributed by atoms with van der Waals surface area (Å²) in [6.45, 7) is 10.8. The van der Waals surface area contributed by atoms with Crippen LogP contribution in [0.15, 0.2) is 84.4 Å². The normalized spacial score (nSPS) is 32.9. The Morgan fingerprint density at radius 2 is 1.69 bits per heavy atom. The quantitative estimate of drug-likeness (QED) is 0.214. The number of hydrogen-bond acceptors (Lipinski definition) is 4. The Morgan fingerprint density at radius 3 is 2.43 bits per heavy atom. The van der Waals surface area contributed by atoms with Gasteiger partial charge in [-0.25, -0.2) is 4.79 Å². The molecule has 1 amide bonds. The van der Waals surface area contributed by atoms with Crippen LogP contribution in [0.25, 0.3) is 11.1 Å². The summed E-state index contributed by atoms with van der Waals surface area (Å²) in [5.41, 5.74) is 6.31. The van der Waals surface area contributed by atoms with Gasteiger partial charge in [0.1, 0.15) is 5.60 Å². The van der Waals surface area contributed by atoms with E-state index in [4.69, 9.17) is 4.74 Å². The van der Waals surface area contributed by atoms with Gasteiger partial charge in [0.15, 0.2) is 5.78 Å². The van der Waals surface area contributed by atoms with E-state index in [2.05, 4.69) is 69.0 Å². The molecule has 5 nitrogen and oxygen atoms in total. The number of rotatable bonds is 5. The zero-order valence-electron chi connectivity index (χ0n) is 31.0. The molecule has 1 aliphatic heterocycles. The molecule has 5 fully saturated rings. The van der Waals surface area contributed by atoms with Crippen LogP contribution in [0.2, 0.25) is 0 Å². The fourth-order valence-electron chi connectivity index (χ4n) is 11.2. The number of fused-ring (bicyclic) bond motifs is 10. The van der Waals surface area contributed by atoms with Gasteiger partial charge < -0.3 is 14.7 Å². The van der Waals surface area contributed by atoms with Gasteiger partial charge >= 0.3 is 6.09 Å². The third kappa shape index (κ3) is 5.98. The highest BCUT2D eigenvalue weighted by atomic mass is 16.6. The Labute approximate surface area is 304 Å². The summed E-state index contributed by atoms with van der Waals surface area (Å²) < 4.78 is 6.67. The lowest BCUT2D eigenvalue weighted by Gasteiger charge is -2.60. The predicted molar refractivity (Wildman–Crippen MR) is 203 cm³/mol. The molecule has 7 unspecified atom stereocenters. The van der Waals surface area contributed by atoms with Crippen LogP contribution in [-0.2, 0) is 11.2 Å². The number of allylic oxidation sites excluding steroid dienone is 2. The van der Waals surface area contributed by atoms with Crippen molar-refractivity contribution >= 4 is 11.9 Å². The van der Waals surface area contributed by atoms with Gasteiger partial charge in [-0.15, -0.1) is 0 Å². The van der Waals surface area contributed by atoms with Crippen molar-refractivity contribution in [2.75, 3.05) is 13.1 Å². The molecule has 3 aromatic rings. The van der Waals surface area contributed by atoms with Crippen molar-refractivity contribution in [2.45, 2.75) is 110 Å². The molecule has 268 valence electrons. The van der Waals surface area contributed by atoms with Gasteiger partial charge in [0.2, 0.25) is 0 Å². The van der Waals surface area contributed by atoms with E-state index in [1.807, 2.05) is 42.5 Å². The van der Waals surface area contributed by atoms with Crippen molar-refractivity contribution in [3.05, 3.63) is 107 Å². The fraction of sp³-hybridized carbons (Fsp3) is 0.522. The van der Waals surface area contributed by atoms with E-state index in [1.54, 1.807) is 0 Å². The van der Waals surface area contributed by atoms with Crippen molar-refractivity contribution in [3.8, 4) is 11.1 Å². The van der Waals surface area contributed by atoms with Crippen LogP contribution in [0.5, 0.6) is 0 Å². The van der Waals surface area contributed by atoms with Crippen molar-refractivity contribution in [1.82, 2.24) is 4.90 Å². The van der Waals surface area contributed by atoms with Gasteiger partial charge in [-0.1, -0.05) is 99.2 Å². The van der Waals surface area contributed by atoms with E-state index in [1.165, 1.54) is 24.8 Å². The average Bonchev–Trinajstić information content (AvgIpc) is 3.60. The first-order valence-electron chi connectivity index (χ1n) is 19.6. The van der Waals surface area contributed by atoms with Gasteiger partial charge in [-0.3, -0.25) is 4.79 Å². The van der Waals surface area contributed by atoms with Crippen molar-refractivity contribution < 1.29 is 19.4 Å². The summed E-state index contributed by atoms with van der Waals surface area (Å²) in [5, 5.41) is 11.0. The van der Waals surface area contributed by atoms with Crippen LogP contribution in [0, 0.1) is 28.6 Å². The fourth-order valence-corrected chi connectivity index (χ4v) is 11.2. The zero-order valence-corrected chi connectivity index (χ0v) is 31.0. The van der Waals surface area contributed by atoms with Gasteiger partial charge in [0.05, 0.1) is 12.6 Å². The smallest absolute Gasteiger partial charge is 0.410 e.